The molecule has 2 aromatic rings. The van der Waals surface area contributed by atoms with E-state index in [0.29, 0.717) is 33.1 Å². The van der Waals surface area contributed by atoms with Crippen LogP contribution in [0.2, 0.25) is 5.02 Å². The first-order chi connectivity index (χ1) is 14.5. The molecule has 30 heavy (non-hydrogen) atoms. The van der Waals surface area contributed by atoms with Gasteiger partial charge in [-0.15, -0.1) is 0 Å². The fourth-order valence-electron chi connectivity index (χ4n) is 3.59. The molecule has 156 valence electrons. The van der Waals surface area contributed by atoms with Crippen molar-refractivity contribution >= 4 is 29.2 Å². The molecule has 1 aliphatic rings. The minimum Gasteiger partial charge on any atom is -0.463 e. The fourth-order valence-corrected chi connectivity index (χ4v) is 3.79. The summed E-state index contributed by atoms with van der Waals surface area (Å²) in [6.07, 6.45) is 0. The molecule has 0 bridgehead atoms. The summed E-state index contributed by atoms with van der Waals surface area (Å²) in [4.78, 5) is 26.1. The monoisotopic (exact) mass is 425 g/mol. The van der Waals surface area contributed by atoms with Crippen molar-refractivity contribution in [2.75, 3.05) is 13.2 Å². The lowest BCUT2D eigenvalue weighted by atomic mass is 9.79. The van der Waals surface area contributed by atoms with Gasteiger partial charge in [-0.1, -0.05) is 54.1 Å². The highest BCUT2D eigenvalue weighted by Crippen LogP contribution is 2.42. The van der Waals surface area contributed by atoms with E-state index >= 15 is 0 Å². The summed E-state index contributed by atoms with van der Waals surface area (Å²) < 4.78 is 10.7. The number of ether oxygens (including phenoxy) is 2. The van der Waals surface area contributed by atoms with Crippen molar-refractivity contribution in [1.82, 2.24) is 5.32 Å². The maximum atomic E-state index is 13.2. The fraction of sp³-hybridized carbons (Fsp3) is 0.250. The van der Waals surface area contributed by atoms with Gasteiger partial charge in [-0.3, -0.25) is 0 Å². The van der Waals surface area contributed by atoms with Gasteiger partial charge in [0.25, 0.3) is 0 Å². The Kier molecular flexibility index (Phi) is 6.95. The summed E-state index contributed by atoms with van der Waals surface area (Å²) in [6, 6.07) is 16.6. The molecule has 1 atom stereocenters. The molecule has 5 nitrogen and oxygen atoms in total. The molecule has 0 amide bonds. The third-order valence-corrected chi connectivity index (χ3v) is 5.03. The second-order valence-electron chi connectivity index (χ2n) is 6.75. The van der Waals surface area contributed by atoms with Crippen LogP contribution in [-0.2, 0) is 19.1 Å². The van der Waals surface area contributed by atoms with E-state index in [-0.39, 0.29) is 13.2 Å². The molecule has 0 saturated heterocycles. The van der Waals surface area contributed by atoms with Crippen molar-refractivity contribution in [2.45, 2.75) is 26.7 Å². The molecule has 0 aromatic heterocycles. The van der Waals surface area contributed by atoms with E-state index in [2.05, 4.69) is 5.32 Å². The van der Waals surface area contributed by atoms with Crippen LogP contribution in [0.5, 0.6) is 0 Å². The van der Waals surface area contributed by atoms with Crippen molar-refractivity contribution in [1.29, 1.82) is 0 Å². The summed E-state index contributed by atoms with van der Waals surface area (Å²) in [7, 11) is 0. The molecule has 0 spiro atoms. The Hall–Kier alpha value is -3.05. The van der Waals surface area contributed by atoms with E-state index in [1.54, 1.807) is 39.0 Å². The molecule has 3 rings (SSSR count). The minimum atomic E-state index is -0.682. The lowest BCUT2D eigenvalue weighted by Gasteiger charge is -2.31. The van der Waals surface area contributed by atoms with Crippen LogP contribution >= 0.6 is 11.6 Å². The molecule has 1 heterocycles. The van der Waals surface area contributed by atoms with Gasteiger partial charge >= 0.3 is 11.9 Å². The van der Waals surface area contributed by atoms with Gasteiger partial charge in [0.1, 0.15) is 0 Å². The van der Waals surface area contributed by atoms with Crippen molar-refractivity contribution in [3.05, 3.63) is 87.6 Å². The van der Waals surface area contributed by atoms with Crippen LogP contribution in [0.1, 0.15) is 37.8 Å². The third-order valence-electron chi connectivity index (χ3n) is 4.80. The number of carbonyl (C=O) groups excluding carboxylic acids is 2. The standard InChI is InChI=1S/C24H24ClNO4/c1-4-29-23(27)19-15(3)26-22(16-10-7-6-8-11-16)21(24(28)30-5-2)20(19)17-12-9-13-18(25)14-17/h6-14,20,26H,4-5H2,1-3H3/t20-/m1/s1. The number of allylic oxidation sites excluding steroid dienone is 1. The highest BCUT2D eigenvalue weighted by Gasteiger charge is 2.39. The number of hydrogen-bond acceptors (Lipinski definition) is 5. The minimum absolute atomic E-state index is 0.212. The van der Waals surface area contributed by atoms with Crippen molar-refractivity contribution in [2.24, 2.45) is 0 Å². The van der Waals surface area contributed by atoms with E-state index in [1.807, 2.05) is 36.4 Å². The maximum Gasteiger partial charge on any atom is 0.337 e. The van der Waals surface area contributed by atoms with Crippen molar-refractivity contribution in [3.8, 4) is 0 Å². The number of dihydropyridines is 1. The largest absolute Gasteiger partial charge is 0.463 e. The lowest BCUT2D eigenvalue weighted by molar-refractivity contribution is -0.139. The van der Waals surface area contributed by atoms with Crippen molar-refractivity contribution in [3.63, 3.8) is 0 Å². The van der Waals surface area contributed by atoms with Crippen LogP contribution in [0.4, 0.5) is 0 Å². The van der Waals surface area contributed by atoms with E-state index in [1.165, 1.54) is 0 Å². The number of nitrogens with one attached hydrogen (secondary N) is 1. The van der Waals surface area contributed by atoms with E-state index in [0.717, 1.165) is 5.56 Å². The lowest BCUT2D eigenvalue weighted by Crippen LogP contribution is -2.32. The van der Waals surface area contributed by atoms with Gasteiger partial charge < -0.3 is 14.8 Å². The highest BCUT2D eigenvalue weighted by atomic mass is 35.5. The normalized spacial score (nSPS) is 16.2. The number of benzene rings is 2. The van der Waals surface area contributed by atoms with Gasteiger partial charge in [-0.05, 0) is 44.0 Å². The number of esters is 2. The van der Waals surface area contributed by atoms with Crippen LogP contribution in [0.15, 0.2) is 71.4 Å². The molecule has 0 saturated carbocycles. The molecule has 2 aromatic carbocycles. The van der Waals surface area contributed by atoms with Crippen LogP contribution in [0, 0.1) is 0 Å². The first-order valence-corrected chi connectivity index (χ1v) is 10.2. The van der Waals surface area contributed by atoms with Crippen LogP contribution < -0.4 is 5.32 Å². The van der Waals surface area contributed by atoms with Gasteiger partial charge in [-0.2, -0.15) is 0 Å². The Bertz CT molecular complexity index is 1010. The Morgan fingerprint density at radius 2 is 1.57 bits per heavy atom. The predicted octanol–water partition coefficient (Wildman–Crippen LogP) is 4.84. The summed E-state index contributed by atoms with van der Waals surface area (Å²) in [5.41, 5.74) is 3.45. The zero-order valence-electron chi connectivity index (χ0n) is 17.2. The quantitative estimate of drug-likeness (QED) is 0.671. The molecule has 0 unspecified atom stereocenters. The second-order valence-corrected chi connectivity index (χ2v) is 7.18. The molecular weight excluding hydrogens is 402 g/mol. The smallest absolute Gasteiger partial charge is 0.337 e. The predicted molar refractivity (Wildman–Crippen MR) is 117 cm³/mol. The zero-order chi connectivity index (χ0) is 21.7. The zero-order valence-corrected chi connectivity index (χ0v) is 18.0. The first kappa shape index (κ1) is 21.7. The average Bonchev–Trinajstić information content (AvgIpc) is 2.73. The Balaban J connectivity index is 2.29. The van der Waals surface area contributed by atoms with Gasteiger partial charge in [0.2, 0.25) is 0 Å². The summed E-state index contributed by atoms with van der Waals surface area (Å²) >= 11 is 6.25. The Morgan fingerprint density at radius 1 is 0.933 bits per heavy atom. The third kappa shape index (κ3) is 4.41. The number of hydrogen-bond donors (Lipinski definition) is 1. The summed E-state index contributed by atoms with van der Waals surface area (Å²) in [5.74, 6) is -1.66. The molecular formula is C24H24ClNO4. The van der Waals surface area contributed by atoms with Gasteiger partial charge in [-0.25, -0.2) is 9.59 Å². The van der Waals surface area contributed by atoms with Crippen LogP contribution in [0.25, 0.3) is 5.70 Å². The second kappa shape index (κ2) is 9.63. The molecule has 0 radical (unpaired) electrons. The van der Waals surface area contributed by atoms with Gasteiger partial charge in [0.15, 0.2) is 0 Å². The van der Waals surface area contributed by atoms with E-state index < -0.39 is 17.9 Å². The average molecular weight is 426 g/mol. The number of halogens is 1. The molecule has 0 fully saturated rings. The number of carbonyl (C=O) groups is 2. The Morgan fingerprint density at radius 3 is 2.17 bits per heavy atom. The molecule has 1 N–H and O–H groups in total. The number of rotatable bonds is 6. The highest BCUT2D eigenvalue weighted by molar-refractivity contribution is 6.30. The SMILES string of the molecule is CCOC(=O)C1=C(C)NC(c2ccccc2)=C(C(=O)OCC)[C@@H]1c1cccc(Cl)c1. The van der Waals surface area contributed by atoms with Crippen LogP contribution in [-0.4, -0.2) is 25.2 Å². The van der Waals surface area contributed by atoms with Crippen molar-refractivity contribution < 1.29 is 19.1 Å². The van der Waals surface area contributed by atoms with E-state index in [9.17, 15) is 9.59 Å². The Labute approximate surface area is 181 Å². The molecule has 0 aliphatic carbocycles. The van der Waals surface area contributed by atoms with E-state index in [4.69, 9.17) is 21.1 Å². The molecule has 1 aliphatic heterocycles. The van der Waals surface area contributed by atoms with Crippen LogP contribution in [0.3, 0.4) is 0 Å². The van der Waals surface area contributed by atoms with Gasteiger partial charge in [0, 0.05) is 10.7 Å². The maximum absolute atomic E-state index is 13.2. The molecule has 6 heteroatoms. The summed E-state index contributed by atoms with van der Waals surface area (Å²) in [5, 5.41) is 3.76. The first-order valence-electron chi connectivity index (χ1n) is 9.85. The summed E-state index contributed by atoms with van der Waals surface area (Å²) in [6.45, 7) is 5.73. The topological polar surface area (TPSA) is 64.6 Å². The van der Waals surface area contributed by atoms with Gasteiger partial charge in [0.05, 0.1) is 36.0 Å².